The highest BCUT2D eigenvalue weighted by Crippen LogP contribution is 2.10. The van der Waals surface area contributed by atoms with Crippen molar-refractivity contribution in [2.45, 2.75) is 39.3 Å². The summed E-state index contributed by atoms with van der Waals surface area (Å²) in [6, 6.07) is -1.21. The third kappa shape index (κ3) is 3.80. The van der Waals surface area contributed by atoms with E-state index in [-0.39, 0.29) is 11.5 Å². The van der Waals surface area contributed by atoms with E-state index in [1.54, 1.807) is 20.8 Å². The number of hydrazone groups is 1. The molecule has 98 valence electrons. The minimum atomic E-state index is -1.21. The number of carbonyl (C=O) groups is 3. The van der Waals surface area contributed by atoms with Gasteiger partial charge in [0.05, 0.1) is 0 Å². The predicted octanol–water partition coefficient (Wildman–Crippen LogP) is 0.370. The average molecular weight is 252 g/mol. The van der Waals surface area contributed by atoms with Crippen LogP contribution in [0.15, 0.2) is 17.3 Å². The van der Waals surface area contributed by atoms with Crippen LogP contribution in [-0.4, -0.2) is 34.9 Å². The highest BCUT2D eigenvalue weighted by molar-refractivity contribution is 6.44. The fraction of sp³-hybridized carbons (Fsp3) is 0.500. The number of esters is 1. The molecule has 1 aliphatic heterocycles. The van der Waals surface area contributed by atoms with Gasteiger partial charge in [-0.1, -0.05) is 0 Å². The van der Waals surface area contributed by atoms with E-state index in [2.05, 4.69) is 10.5 Å². The third-order valence-electron chi connectivity index (χ3n) is 2.01. The highest BCUT2D eigenvalue weighted by Gasteiger charge is 2.31. The van der Waals surface area contributed by atoms with Crippen molar-refractivity contribution < 1.29 is 19.1 Å². The van der Waals surface area contributed by atoms with E-state index in [4.69, 9.17) is 4.74 Å². The number of carbonyl (C=O) groups excluding carboxylic acids is 3. The van der Waals surface area contributed by atoms with Gasteiger partial charge in [0.2, 0.25) is 6.04 Å². The molecule has 0 aromatic heterocycles. The van der Waals surface area contributed by atoms with Crippen LogP contribution in [0.4, 0.5) is 0 Å². The van der Waals surface area contributed by atoms with Gasteiger partial charge in [0.1, 0.15) is 11.3 Å². The number of hydrogen-bond acceptors (Lipinski definition) is 6. The molecule has 0 fully saturated rings. The summed E-state index contributed by atoms with van der Waals surface area (Å²) in [5.74, 6) is -1.51. The Balaban J connectivity index is 2.86. The molecule has 1 heterocycles. The Morgan fingerprint density at radius 2 is 1.94 bits per heavy atom. The summed E-state index contributed by atoms with van der Waals surface area (Å²) in [6.07, 6.45) is 2.43. The minimum absolute atomic E-state index is 0.0920. The molecule has 18 heavy (non-hydrogen) atoms. The Kier molecular flexibility index (Phi) is 4.00. The SMILES string of the molecule is CC(=O)C1=NNC(C(=O)OC(C)(C)C)C(=O)C=C1. The molecule has 0 saturated carbocycles. The van der Waals surface area contributed by atoms with Crippen molar-refractivity contribution in [3.63, 3.8) is 0 Å². The first kappa shape index (κ1) is 14.1. The second kappa shape index (κ2) is 5.12. The number of nitrogens with zero attached hydrogens (tertiary/aromatic N) is 1. The molecule has 0 radical (unpaired) electrons. The van der Waals surface area contributed by atoms with E-state index in [9.17, 15) is 14.4 Å². The first-order valence-corrected chi connectivity index (χ1v) is 5.49. The standard InChI is InChI=1S/C12H16N2O4/c1-7(15)8-5-6-9(16)10(14-13-8)11(17)18-12(2,3)4/h5-6,10,14H,1-4H3. The molecular formula is C12H16N2O4. The van der Waals surface area contributed by atoms with Gasteiger partial charge in [0, 0.05) is 6.92 Å². The molecule has 0 amide bonds. The zero-order chi connectivity index (χ0) is 13.9. The van der Waals surface area contributed by atoms with Crippen LogP contribution in [-0.2, 0) is 19.1 Å². The number of hydrogen-bond donors (Lipinski definition) is 1. The maximum atomic E-state index is 11.8. The Morgan fingerprint density at radius 3 is 2.44 bits per heavy atom. The Morgan fingerprint density at radius 1 is 1.33 bits per heavy atom. The van der Waals surface area contributed by atoms with E-state index in [1.807, 2.05) is 0 Å². The fourth-order valence-corrected chi connectivity index (χ4v) is 1.22. The van der Waals surface area contributed by atoms with E-state index < -0.39 is 23.4 Å². The van der Waals surface area contributed by atoms with Crippen LogP contribution in [0.5, 0.6) is 0 Å². The molecule has 0 saturated heterocycles. The van der Waals surface area contributed by atoms with Crippen LogP contribution in [0.25, 0.3) is 0 Å². The number of ether oxygens (including phenoxy) is 1. The number of rotatable bonds is 2. The lowest BCUT2D eigenvalue weighted by atomic mass is 10.1. The summed E-state index contributed by atoms with van der Waals surface area (Å²) < 4.78 is 5.09. The van der Waals surface area contributed by atoms with E-state index in [0.29, 0.717) is 0 Å². The predicted molar refractivity (Wildman–Crippen MR) is 65.0 cm³/mol. The molecule has 0 aliphatic carbocycles. The van der Waals surface area contributed by atoms with Crippen molar-refractivity contribution in [1.29, 1.82) is 0 Å². The van der Waals surface area contributed by atoms with E-state index in [1.165, 1.54) is 13.0 Å². The lowest BCUT2D eigenvalue weighted by Crippen LogP contribution is -2.43. The maximum Gasteiger partial charge on any atom is 0.338 e. The zero-order valence-electron chi connectivity index (χ0n) is 10.8. The van der Waals surface area contributed by atoms with Gasteiger partial charge in [-0.2, -0.15) is 5.10 Å². The smallest absolute Gasteiger partial charge is 0.338 e. The average Bonchev–Trinajstić information content (AvgIpc) is 2.37. The second-order valence-corrected chi connectivity index (χ2v) is 4.88. The number of nitrogens with one attached hydrogen (secondary N) is 1. The van der Waals surface area contributed by atoms with Gasteiger partial charge in [0.25, 0.3) is 0 Å². The fourth-order valence-electron chi connectivity index (χ4n) is 1.22. The molecule has 0 aromatic rings. The van der Waals surface area contributed by atoms with Gasteiger partial charge in [-0.3, -0.25) is 15.0 Å². The van der Waals surface area contributed by atoms with E-state index >= 15 is 0 Å². The van der Waals surface area contributed by atoms with Crippen molar-refractivity contribution in [3.05, 3.63) is 12.2 Å². The van der Waals surface area contributed by atoms with E-state index in [0.717, 1.165) is 6.08 Å². The van der Waals surface area contributed by atoms with Crippen LogP contribution in [0.3, 0.4) is 0 Å². The van der Waals surface area contributed by atoms with Gasteiger partial charge < -0.3 is 4.74 Å². The summed E-state index contributed by atoms with van der Waals surface area (Å²) in [5, 5.41) is 3.71. The molecule has 1 atom stereocenters. The van der Waals surface area contributed by atoms with Gasteiger partial charge in [-0.25, -0.2) is 4.79 Å². The van der Waals surface area contributed by atoms with Crippen LogP contribution in [0.2, 0.25) is 0 Å². The molecule has 0 bridgehead atoms. The Labute approximate surface area is 105 Å². The first-order chi connectivity index (χ1) is 8.20. The zero-order valence-corrected chi connectivity index (χ0v) is 10.8. The molecule has 6 nitrogen and oxygen atoms in total. The lowest BCUT2D eigenvalue weighted by Gasteiger charge is -2.22. The van der Waals surface area contributed by atoms with Crippen LogP contribution in [0.1, 0.15) is 27.7 Å². The minimum Gasteiger partial charge on any atom is -0.458 e. The molecule has 0 aromatic carbocycles. The molecule has 1 unspecified atom stereocenters. The topological polar surface area (TPSA) is 84.8 Å². The van der Waals surface area contributed by atoms with Crippen LogP contribution in [0, 0.1) is 0 Å². The van der Waals surface area contributed by atoms with Crippen LogP contribution >= 0.6 is 0 Å². The number of allylic oxidation sites excluding steroid dienone is 1. The summed E-state index contributed by atoms with van der Waals surface area (Å²) in [4.78, 5) is 34.5. The first-order valence-electron chi connectivity index (χ1n) is 5.49. The molecule has 1 rings (SSSR count). The molecule has 0 spiro atoms. The summed E-state index contributed by atoms with van der Waals surface area (Å²) in [5.41, 5.74) is 1.77. The molecule has 6 heteroatoms. The van der Waals surface area contributed by atoms with Crippen molar-refractivity contribution in [1.82, 2.24) is 5.43 Å². The Bertz CT molecular complexity index is 443. The molecule has 1 N–H and O–H groups in total. The van der Waals surface area contributed by atoms with Gasteiger partial charge in [-0.15, -0.1) is 0 Å². The summed E-state index contributed by atoms with van der Waals surface area (Å²) in [6.45, 7) is 6.42. The molecular weight excluding hydrogens is 236 g/mol. The van der Waals surface area contributed by atoms with Crippen molar-refractivity contribution >= 4 is 23.2 Å². The quantitative estimate of drug-likeness (QED) is 0.567. The third-order valence-corrected chi connectivity index (χ3v) is 2.01. The second-order valence-electron chi connectivity index (χ2n) is 4.88. The van der Waals surface area contributed by atoms with Crippen molar-refractivity contribution in [2.75, 3.05) is 0 Å². The van der Waals surface area contributed by atoms with Crippen molar-refractivity contribution in [3.8, 4) is 0 Å². The summed E-state index contributed by atoms with van der Waals surface area (Å²) in [7, 11) is 0. The van der Waals surface area contributed by atoms with Gasteiger partial charge >= 0.3 is 5.97 Å². The normalized spacial score (nSPS) is 19.7. The largest absolute Gasteiger partial charge is 0.458 e. The summed E-state index contributed by atoms with van der Waals surface area (Å²) >= 11 is 0. The van der Waals surface area contributed by atoms with Crippen LogP contribution < -0.4 is 5.43 Å². The number of ketones is 2. The molecule has 1 aliphatic rings. The lowest BCUT2D eigenvalue weighted by molar-refractivity contribution is -0.158. The Hall–Kier alpha value is -1.98. The maximum absolute atomic E-state index is 11.8. The number of Topliss-reactive ketones (excluding diaryl/α,β-unsaturated/α-hetero) is 1. The monoisotopic (exact) mass is 252 g/mol. The van der Waals surface area contributed by atoms with Gasteiger partial charge in [-0.05, 0) is 32.9 Å². The van der Waals surface area contributed by atoms with Crippen molar-refractivity contribution in [2.24, 2.45) is 5.10 Å². The highest BCUT2D eigenvalue weighted by atomic mass is 16.6. The van der Waals surface area contributed by atoms with Gasteiger partial charge in [0.15, 0.2) is 11.6 Å².